The standard InChI is InChI=1S/C14H18O5/c1-9(2)11(14(15)16)5-6-17-10-3-4-12-13(7-10)19-8-18-12/h3-4,7,9,11H,5-6,8H2,1-2H3,(H,15,16). The molecule has 0 saturated carbocycles. The van der Waals surface area contributed by atoms with E-state index in [1.165, 1.54) is 0 Å². The van der Waals surface area contributed by atoms with Crippen LogP contribution in [0.4, 0.5) is 0 Å². The summed E-state index contributed by atoms with van der Waals surface area (Å²) in [5.74, 6) is 0.974. The molecule has 0 aromatic heterocycles. The van der Waals surface area contributed by atoms with Gasteiger partial charge in [-0.25, -0.2) is 0 Å². The number of rotatable bonds is 6. The second kappa shape index (κ2) is 5.82. The van der Waals surface area contributed by atoms with Gasteiger partial charge in [-0.1, -0.05) is 13.8 Å². The average molecular weight is 266 g/mol. The first-order chi connectivity index (χ1) is 9.08. The zero-order chi connectivity index (χ0) is 13.8. The van der Waals surface area contributed by atoms with Crippen LogP contribution in [0.5, 0.6) is 17.2 Å². The number of ether oxygens (including phenoxy) is 3. The van der Waals surface area contributed by atoms with Gasteiger partial charge in [-0.05, 0) is 24.5 Å². The monoisotopic (exact) mass is 266 g/mol. The Bertz CT molecular complexity index is 455. The summed E-state index contributed by atoms with van der Waals surface area (Å²) in [7, 11) is 0. The normalized spacial score (nSPS) is 14.5. The van der Waals surface area contributed by atoms with Crippen LogP contribution in [-0.4, -0.2) is 24.5 Å². The van der Waals surface area contributed by atoms with Crippen LogP contribution in [0.25, 0.3) is 0 Å². The van der Waals surface area contributed by atoms with Gasteiger partial charge in [0, 0.05) is 6.07 Å². The molecule has 1 heterocycles. The minimum atomic E-state index is -0.774. The summed E-state index contributed by atoms with van der Waals surface area (Å²) in [6.45, 7) is 4.40. The molecule has 104 valence electrons. The van der Waals surface area contributed by atoms with E-state index < -0.39 is 5.97 Å². The summed E-state index contributed by atoms with van der Waals surface area (Å²) >= 11 is 0. The molecule has 5 nitrogen and oxygen atoms in total. The van der Waals surface area contributed by atoms with Crippen molar-refractivity contribution >= 4 is 5.97 Å². The molecule has 5 heteroatoms. The highest BCUT2D eigenvalue weighted by Gasteiger charge is 2.21. The number of benzene rings is 1. The van der Waals surface area contributed by atoms with E-state index >= 15 is 0 Å². The van der Waals surface area contributed by atoms with E-state index in [2.05, 4.69) is 0 Å². The maximum absolute atomic E-state index is 11.0. The summed E-state index contributed by atoms with van der Waals surface area (Å²) in [5.41, 5.74) is 0. The molecular weight excluding hydrogens is 248 g/mol. The van der Waals surface area contributed by atoms with E-state index in [1.807, 2.05) is 13.8 Å². The smallest absolute Gasteiger partial charge is 0.306 e. The van der Waals surface area contributed by atoms with Crippen molar-refractivity contribution in [3.05, 3.63) is 18.2 Å². The minimum Gasteiger partial charge on any atom is -0.493 e. The molecule has 1 aliphatic rings. The molecule has 0 amide bonds. The second-order valence-corrected chi connectivity index (χ2v) is 4.84. The number of carboxylic acid groups (broad SMARTS) is 1. The second-order valence-electron chi connectivity index (χ2n) is 4.84. The molecule has 1 aliphatic heterocycles. The highest BCUT2D eigenvalue weighted by Crippen LogP contribution is 2.35. The predicted octanol–water partition coefficient (Wildman–Crippen LogP) is 2.54. The molecule has 0 radical (unpaired) electrons. The van der Waals surface area contributed by atoms with Crippen LogP contribution in [0.3, 0.4) is 0 Å². The number of aliphatic carboxylic acids is 1. The lowest BCUT2D eigenvalue weighted by Gasteiger charge is -2.16. The SMILES string of the molecule is CC(C)C(CCOc1ccc2c(c1)OCO2)C(=O)O. The first-order valence-electron chi connectivity index (χ1n) is 6.33. The molecule has 1 aromatic carbocycles. The van der Waals surface area contributed by atoms with Gasteiger partial charge in [0.2, 0.25) is 6.79 Å². The Morgan fingerprint density at radius 3 is 2.79 bits per heavy atom. The summed E-state index contributed by atoms with van der Waals surface area (Å²) in [4.78, 5) is 11.0. The fourth-order valence-corrected chi connectivity index (χ4v) is 2.01. The van der Waals surface area contributed by atoms with Crippen LogP contribution in [0, 0.1) is 11.8 Å². The molecule has 0 saturated heterocycles. The van der Waals surface area contributed by atoms with Crippen LogP contribution < -0.4 is 14.2 Å². The number of fused-ring (bicyclic) bond motifs is 1. The zero-order valence-electron chi connectivity index (χ0n) is 11.1. The van der Waals surface area contributed by atoms with Crippen molar-refractivity contribution in [1.29, 1.82) is 0 Å². The number of hydrogen-bond acceptors (Lipinski definition) is 4. The number of carboxylic acids is 1. The minimum absolute atomic E-state index is 0.0952. The first kappa shape index (κ1) is 13.5. The zero-order valence-corrected chi connectivity index (χ0v) is 11.1. The van der Waals surface area contributed by atoms with Crippen molar-refractivity contribution in [3.63, 3.8) is 0 Å². The van der Waals surface area contributed by atoms with E-state index in [1.54, 1.807) is 18.2 Å². The molecule has 1 N–H and O–H groups in total. The molecule has 1 atom stereocenters. The third-order valence-electron chi connectivity index (χ3n) is 3.16. The van der Waals surface area contributed by atoms with E-state index in [9.17, 15) is 4.79 Å². The van der Waals surface area contributed by atoms with E-state index in [-0.39, 0.29) is 18.6 Å². The predicted molar refractivity (Wildman–Crippen MR) is 68.6 cm³/mol. The Morgan fingerprint density at radius 1 is 1.37 bits per heavy atom. The first-order valence-corrected chi connectivity index (χ1v) is 6.33. The molecule has 0 spiro atoms. The molecule has 1 aromatic rings. The molecule has 0 bridgehead atoms. The number of carbonyl (C=O) groups is 1. The van der Waals surface area contributed by atoms with Crippen molar-refractivity contribution in [3.8, 4) is 17.2 Å². The van der Waals surface area contributed by atoms with Gasteiger partial charge in [0.25, 0.3) is 0 Å². The van der Waals surface area contributed by atoms with E-state index in [0.717, 1.165) is 0 Å². The van der Waals surface area contributed by atoms with Crippen molar-refractivity contribution < 1.29 is 24.1 Å². The average Bonchev–Trinajstić information content (AvgIpc) is 2.80. The fraction of sp³-hybridized carbons (Fsp3) is 0.500. The lowest BCUT2D eigenvalue weighted by Crippen LogP contribution is -2.22. The van der Waals surface area contributed by atoms with E-state index in [0.29, 0.717) is 30.3 Å². The van der Waals surface area contributed by atoms with Crippen LogP contribution in [0.15, 0.2) is 18.2 Å². The van der Waals surface area contributed by atoms with Gasteiger partial charge in [-0.2, -0.15) is 0 Å². The van der Waals surface area contributed by atoms with Crippen LogP contribution in [0.1, 0.15) is 20.3 Å². The van der Waals surface area contributed by atoms with Gasteiger partial charge in [0.15, 0.2) is 11.5 Å². The van der Waals surface area contributed by atoms with Gasteiger partial charge in [0.1, 0.15) is 5.75 Å². The Hall–Kier alpha value is -1.91. The van der Waals surface area contributed by atoms with Gasteiger partial charge >= 0.3 is 5.97 Å². The highest BCUT2D eigenvalue weighted by atomic mass is 16.7. The van der Waals surface area contributed by atoms with Crippen molar-refractivity contribution in [1.82, 2.24) is 0 Å². The fourth-order valence-electron chi connectivity index (χ4n) is 2.01. The largest absolute Gasteiger partial charge is 0.493 e. The van der Waals surface area contributed by atoms with Crippen LogP contribution >= 0.6 is 0 Å². The maximum Gasteiger partial charge on any atom is 0.306 e. The van der Waals surface area contributed by atoms with Gasteiger partial charge < -0.3 is 19.3 Å². The van der Waals surface area contributed by atoms with E-state index in [4.69, 9.17) is 19.3 Å². The Balaban J connectivity index is 1.87. The Kier molecular flexibility index (Phi) is 4.14. The Labute approximate surface area is 112 Å². The van der Waals surface area contributed by atoms with Crippen molar-refractivity contribution in [2.45, 2.75) is 20.3 Å². The maximum atomic E-state index is 11.0. The lowest BCUT2D eigenvalue weighted by molar-refractivity contribution is -0.143. The summed E-state index contributed by atoms with van der Waals surface area (Å²) in [5, 5.41) is 9.08. The third kappa shape index (κ3) is 3.30. The number of hydrogen-bond donors (Lipinski definition) is 1. The molecule has 1 unspecified atom stereocenters. The Morgan fingerprint density at radius 2 is 2.11 bits per heavy atom. The third-order valence-corrected chi connectivity index (χ3v) is 3.16. The molecule has 2 rings (SSSR count). The van der Waals surface area contributed by atoms with Crippen molar-refractivity contribution in [2.24, 2.45) is 11.8 Å². The molecule has 0 fully saturated rings. The highest BCUT2D eigenvalue weighted by molar-refractivity contribution is 5.70. The van der Waals surface area contributed by atoms with Gasteiger partial charge in [0.05, 0.1) is 12.5 Å². The molecule has 19 heavy (non-hydrogen) atoms. The summed E-state index contributed by atoms with van der Waals surface area (Å²) < 4.78 is 16.0. The lowest BCUT2D eigenvalue weighted by atomic mass is 9.93. The van der Waals surface area contributed by atoms with Crippen LogP contribution in [0.2, 0.25) is 0 Å². The molecular formula is C14H18O5. The van der Waals surface area contributed by atoms with Gasteiger partial charge in [-0.3, -0.25) is 4.79 Å². The quantitative estimate of drug-likeness (QED) is 0.857. The van der Waals surface area contributed by atoms with Gasteiger partial charge in [-0.15, -0.1) is 0 Å². The summed E-state index contributed by atoms with van der Waals surface area (Å²) in [6, 6.07) is 5.33. The molecule has 0 aliphatic carbocycles. The van der Waals surface area contributed by atoms with Crippen LogP contribution in [-0.2, 0) is 4.79 Å². The summed E-state index contributed by atoms with van der Waals surface area (Å²) in [6.07, 6.45) is 0.488. The topological polar surface area (TPSA) is 65.0 Å². The van der Waals surface area contributed by atoms with Crippen molar-refractivity contribution in [2.75, 3.05) is 13.4 Å².